The molecule has 0 bridgehead atoms. The first-order chi connectivity index (χ1) is 27.3. The van der Waals surface area contributed by atoms with Crippen molar-refractivity contribution in [1.82, 2.24) is 0 Å². The summed E-state index contributed by atoms with van der Waals surface area (Å²) in [6, 6.07) is 62.2. The number of fused-ring (bicyclic) bond motifs is 10. The third-order valence-electron chi connectivity index (χ3n) is 12.4. The summed E-state index contributed by atoms with van der Waals surface area (Å²) in [4.78, 5) is 0. The van der Waals surface area contributed by atoms with Gasteiger partial charge in [0.1, 0.15) is 23.0 Å². The SMILES string of the molecule is c1cc(-c2cc3c(oc4ccccc43)c3c2OC2CCCC32)cc(-c2c3ccccc3c(-c3cccc(-c4cccc5ccccc45)c3)c3ccccc23)c1. The van der Waals surface area contributed by atoms with Crippen LogP contribution < -0.4 is 4.74 Å². The van der Waals surface area contributed by atoms with E-state index in [-0.39, 0.29) is 6.10 Å². The minimum Gasteiger partial charge on any atom is -0.489 e. The molecule has 9 aromatic carbocycles. The van der Waals surface area contributed by atoms with Crippen molar-refractivity contribution in [3.63, 3.8) is 0 Å². The van der Waals surface area contributed by atoms with Gasteiger partial charge in [-0.25, -0.2) is 0 Å². The first-order valence-electron chi connectivity index (χ1n) is 19.6. The van der Waals surface area contributed by atoms with Gasteiger partial charge in [0, 0.05) is 27.8 Å². The summed E-state index contributed by atoms with van der Waals surface area (Å²) in [5.41, 5.74) is 12.9. The van der Waals surface area contributed by atoms with Crippen LogP contribution in [0, 0.1) is 0 Å². The number of furan rings is 1. The fraction of sp³-hybridized carbons (Fsp3) is 0.0943. The Balaban J connectivity index is 1.07. The lowest BCUT2D eigenvalue weighted by atomic mass is 9.84. The molecule has 1 saturated carbocycles. The van der Waals surface area contributed by atoms with Gasteiger partial charge in [0.25, 0.3) is 0 Å². The fourth-order valence-corrected chi connectivity index (χ4v) is 10.0. The Hall–Kier alpha value is -6.64. The average Bonchev–Trinajstić information content (AvgIpc) is 3.96. The Morgan fingerprint density at radius 2 is 0.964 bits per heavy atom. The predicted molar refractivity (Wildman–Crippen MR) is 229 cm³/mol. The molecule has 0 radical (unpaired) electrons. The van der Waals surface area contributed by atoms with E-state index in [1.807, 2.05) is 0 Å². The van der Waals surface area contributed by atoms with Crippen molar-refractivity contribution in [1.29, 1.82) is 0 Å². The quantitative estimate of drug-likeness (QED) is 0.170. The molecule has 2 nitrogen and oxygen atoms in total. The summed E-state index contributed by atoms with van der Waals surface area (Å²) in [6.45, 7) is 0. The maximum Gasteiger partial charge on any atom is 0.142 e. The van der Waals surface area contributed by atoms with Crippen LogP contribution >= 0.6 is 0 Å². The van der Waals surface area contributed by atoms with Crippen LogP contribution in [0.25, 0.3) is 98.8 Å². The van der Waals surface area contributed by atoms with Gasteiger partial charge < -0.3 is 9.15 Å². The maximum atomic E-state index is 6.88. The predicted octanol–water partition coefficient (Wildman–Crippen LogP) is 14.7. The van der Waals surface area contributed by atoms with Crippen LogP contribution in [0.15, 0.2) is 174 Å². The van der Waals surface area contributed by atoms with Crippen LogP contribution in [0.2, 0.25) is 0 Å². The van der Waals surface area contributed by atoms with Gasteiger partial charge in [-0.2, -0.15) is 0 Å². The van der Waals surface area contributed by atoms with Gasteiger partial charge in [0.05, 0.1) is 0 Å². The second-order valence-corrected chi connectivity index (χ2v) is 15.4. The molecule has 260 valence electrons. The summed E-state index contributed by atoms with van der Waals surface area (Å²) in [5.74, 6) is 1.38. The van der Waals surface area contributed by atoms with E-state index in [9.17, 15) is 0 Å². The zero-order valence-electron chi connectivity index (χ0n) is 30.3. The highest BCUT2D eigenvalue weighted by Crippen LogP contribution is 2.55. The molecule has 1 aliphatic carbocycles. The fourth-order valence-electron chi connectivity index (χ4n) is 10.0. The molecule has 2 heteroatoms. The van der Waals surface area contributed by atoms with Crippen molar-refractivity contribution < 1.29 is 9.15 Å². The van der Waals surface area contributed by atoms with Crippen molar-refractivity contribution in [3.8, 4) is 50.3 Å². The minimum atomic E-state index is 0.218. The zero-order chi connectivity index (χ0) is 36.0. The largest absolute Gasteiger partial charge is 0.489 e. The van der Waals surface area contributed by atoms with E-state index in [1.54, 1.807) is 0 Å². The zero-order valence-corrected chi connectivity index (χ0v) is 30.3. The summed E-state index contributed by atoms with van der Waals surface area (Å²) >= 11 is 0. The first-order valence-corrected chi connectivity index (χ1v) is 19.6. The van der Waals surface area contributed by atoms with Crippen molar-refractivity contribution >= 4 is 54.3 Å². The monoisotopic (exact) mass is 704 g/mol. The average molecular weight is 705 g/mol. The molecule has 10 aromatic rings. The Kier molecular flexibility index (Phi) is 6.68. The molecule has 1 aromatic heterocycles. The van der Waals surface area contributed by atoms with Crippen LogP contribution in [0.3, 0.4) is 0 Å². The van der Waals surface area contributed by atoms with E-state index in [1.165, 1.54) is 88.6 Å². The van der Waals surface area contributed by atoms with Crippen LogP contribution in [0.1, 0.15) is 30.7 Å². The third-order valence-corrected chi connectivity index (χ3v) is 12.4. The van der Waals surface area contributed by atoms with E-state index in [4.69, 9.17) is 9.15 Å². The molecule has 0 amide bonds. The minimum absolute atomic E-state index is 0.218. The molecule has 0 saturated heterocycles. The highest BCUT2D eigenvalue weighted by atomic mass is 16.5. The van der Waals surface area contributed by atoms with Gasteiger partial charge in [0.2, 0.25) is 0 Å². The third kappa shape index (κ3) is 4.61. The first kappa shape index (κ1) is 30.8. The Morgan fingerprint density at radius 3 is 1.65 bits per heavy atom. The Morgan fingerprint density at radius 1 is 0.418 bits per heavy atom. The van der Waals surface area contributed by atoms with Crippen LogP contribution in [0.5, 0.6) is 5.75 Å². The van der Waals surface area contributed by atoms with Gasteiger partial charge >= 0.3 is 0 Å². The van der Waals surface area contributed by atoms with E-state index >= 15 is 0 Å². The van der Waals surface area contributed by atoms with E-state index in [0.717, 1.165) is 40.7 Å². The molecule has 2 atom stereocenters. The maximum absolute atomic E-state index is 6.88. The number of hydrogen-bond donors (Lipinski definition) is 0. The van der Waals surface area contributed by atoms with E-state index in [0.29, 0.717) is 5.92 Å². The molecule has 0 spiro atoms. The highest BCUT2D eigenvalue weighted by molar-refractivity contribution is 6.22. The van der Waals surface area contributed by atoms with Crippen LogP contribution in [-0.2, 0) is 0 Å². The molecule has 0 N–H and O–H groups in total. The van der Waals surface area contributed by atoms with Crippen LogP contribution in [0.4, 0.5) is 0 Å². The summed E-state index contributed by atoms with van der Waals surface area (Å²) < 4.78 is 13.5. The van der Waals surface area contributed by atoms with E-state index in [2.05, 4.69) is 170 Å². The number of benzene rings is 9. The molecule has 1 aliphatic heterocycles. The molecule has 12 rings (SSSR count). The second kappa shape index (κ2) is 11.9. The number of ether oxygens (including phenoxy) is 1. The number of rotatable bonds is 4. The molecule has 55 heavy (non-hydrogen) atoms. The van der Waals surface area contributed by atoms with Gasteiger partial charge in [0.15, 0.2) is 0 Å². The van der Waals surface area contributed by atoms with Gasteiger partial charge in [-0.05, 0) is 115 Å². The standard InChI is InChI=1S/C53H36O2/c1-2-19-37-32(13-1)14-11-25-38(37)33-15-9-17-35(29-33)49-40-21-3-5-23-42(40)50(43-24-6-4-22-41(43)49)36-18-10-16-34(30-36)45-31-46-39-20-7-8-27-47(39)54-53(46)51-44-26-12-28-48(44)55-52(45)51/h1-11,13-25,27,29-31,44,48H,12,26,28H2. The van der Waals surface area contributed by atoms with Crippen LogP contribution in [-0.4, -0.2) is 6.10 Å². The number of para-hydroxylation sites is 1. The van der Waals surface area contributed by atoms with Crippen molar-refractivity contribution in [2.75, 3.05) is 0 Å². The number of hydrogen-bond acceptors (Lipinski definition) is 2. The van der Waals surface area contributed by atoms with Crippen molar-refractivity contribution in [3.05, 3.63) is 175 Å². The van der Waals surface area contributed by atoms with E-state index < -0.39 is 0 Å². The summed E-state index contributed by atoms with van der Waals surface area (Å²) in [5, 5.41) is 9.86. The van der Waals surface area contributed by atoms with Gasteiger partial charge in [-0.15, -0.1) is 0 Å². The topological polar surface area (TPSA) is 22.4 Å². The van der Waals surface area contributed by atoms with Crippen molar-refractivity contribution in [2.45, 2.75) is 31.3 Å². The van der Waals surface area contributed by atoms with Gasteiger partial charge in [-0.3, -0.25) is 0 Å². The van der Waals surface area contributed by atoms with Gasteiger partial charge in [-0.1, -0.05) is 146 Å². The highest BCUT2D eigenvalue weighted by Gasteiger charge is 2.42. The van der Waals surface area contributed by atoms with Crippen molar-refractivity contribution in [2.24, 2.45) is 0 Å². The second-order valence-electron chi connectivity index (χ2n) is 15.4. The lowest BCUT2D eigenvalue weighted by Crippen LogP contribution is -2.11. The Bertz CT molecular complexity index is 3120. The Labute approximate surface area is 319 Å². The smallest absolute Gasteiger partial charge is 0.142 e. The molecular formula is C53H36O2. The lowest BCUT2D eigenvalue weighted by molar-refractivity contribution is 0.226. The normalized spacial score (nSPS) is 16.3. The summed E-state index contributed by atoms with van der Waals surface area (Å²) in [6.07, 6.45) is 3.65. The summed E-state index contributed by atoms with van der Waals surface area (Å²) in [7, 11) is 0. The molecule has 1 fully saturated rings. The molecule has 2 unspecified atom stereocenters. The molecular weight excluding hydrogens is 669 g/mol. The lowest BCUT2D eigenvalue weighted by Gasteiger charge is -2.19. The molecule has 2 aliphatic rings. The molecule has 2 heterocycles.